The van der Waals surface area contributed by atoms with Crippen LogP contribution in [0.3, 0.4) is 0 Å². The quantitative estimate of drug-likeness (QED) is 0.191. The number of aliphatic hydroxyl groups is 1. The standard InChI is InChI=1S/C30H37N3O10/c1-7-16(35)43-26-17-12(4)13-8-9-14(32-15(34)10-11(2)3)23(36)18(13)24(37)19(17)27(39)30(42)21(26)22(33(5)6)25(38)20(28(30)40)29(31)41/h8-9,11-12,17,19-22,26,36,42H,7,10H2,1-6H3,(H2,31,41)(H,32,34)/t12-,17+,19?,20?,21+,22?,26-,30-/m0/s1. The summed E-state index contributed by atoms with van der Waals surface area (Å²) in [5.74, 6) is -15.4. The summed E-state index contributed by atoms with van der Waals surface area (Å²) in [5, 5.41) is 25.7. The third-order valence-electron chi connectivity index (χ3n) is 8.88. The molecule has 3 aliphatic carbocycles. The van der Waals surface area contributed by atoms with Gasteiger partial charge in [-0.1, -0.05) is 33.8 Å². The van der Waals surface area contributed by atoms with Crippen LogP contribution in [-0.2, 0) is 33.5 Å². The van der Waals surface area contributed by atoms with E-state index in [-0.39, 0.29) is 35.6 Å². The van der Waals surface area contributed by atoms with Gasteiger partial charge < -0.3 is 26.0 Å². The van der Waals surface area contributed by atoms with Crippen LogP contribution in [0.25, 0.3) is 0 Å². The smallest absolute Gasteiger partial charge is 0.305 e. The number of benzene rings is 1. The molecule has 43 heavy (non-hydrogen) atoms. The number of rotatable bonds is 7. The van der Waals surface area contributed by atoms with Gasteiger partial charge in [0.2, 0.25) is 11.8 Å². The van der Waals surface area contributed by atoms with Crippen molar-refractivity contribution in [2.24, 2.45) is 35.3 Å². The van der Waals surface area contributed by atoms with Crippen molar-refractivity contribution in [1.82, 2.24) is 4.90 Å². The molecule has 1 aromatic rings. The zero-order valence-electron chi connectivity index (χ0n) is 24.9. The van der Waals surface area contributed by atoms with Gasteiger partial charge in [0.1, 0.15) is 11.9 Å². The largest absolute Gasteiger partial charge is 0.505 e. The van der Waals surface area contributed by atoms with Crippen molar-refractivity contribution in [2.45, 2.75) is 64.2 Å². The first-order valence-corrected chi connectivity index (χ1v) is 14.2. The monoisotopic (exact) mass is 599 g/mol. The Balaban J connectivity index is 1.95. The van der Waals surface area contributed by atoms with E-state index in [4.69, 9.17) is 10.5 Å². The van der Waals surface area contributed by atoms with Crippen molar-refractivity contribution in [3.05, 3.63) is 23.3 Å². The number of hydrogen-bond donors (Lipinski definition) is 4. The number of hydrogen-bond acceptors (Lipinski definition) is 11. The van der Waals surface area contributed by atoms with E-state index in [1.165, 1.54) is 38.1 Å². The summed E-state index contributed by atoms with van der Waals surface area (Å²) >= 11 is 0. The Morgan fingerprint density at radius 2 is 1.74 bits per heavy atom. The molecule has 2 amide bonds. The number of nitrogens with zero attached hydrogens (tertiary/aromatic N) is 1. The van der Waals surface area contributed by atoms with Crippen LogP contribution in [0.4, 0.5) is 5.69 Å². The van der Waals surface area contributed by atoms with Gasteiger partial charge in [-0.2, -0.15) is 0 Å². The second kappa shape index (κ2) is 11.3. The van der Waals surface area contributed by atoms with Crippen LogP contribution in [-0.4, -0.2) is 87.9 Å². The fourth-order valence-electron chi connectivity index (χ4n) is 7.01. The molecule has 0 spiro atoms. The van der Waals surface area contributed by atoms with Crippen molar-refractivity contribution in [3.63, 3.8) is 0 Å². The van der Waals surface area contributed by atoms with Gasteiger partial charge in [-0.3, -0.25) is 38.5 Å². The van der Waals surface area contributed by atoms with Crippen molar-refractivity contribution in [3.8, 4) is 5.75 Å². The first-order valence-electron chi connectivity index (χ1n) is 14.2. The molecule has 3 aliphatic rings. The van der Waals surface area contributed by atoms with Crippen LogP contribution in [0.5, 0.6) is 5.75 Å². The Labute approximate surface area is 248 Å². The molecule has 0 radical (unpaired) electrons. The summed E-state index contributed by atoms with van der Waals surface area (Å²) in [4.78, 5) is 94.4. The van der Waals surface area contributed by atoms with Crippen LogP contribution in [0.15, 0.2) is 12.1 Å². The first-order chi connectivity index (χ1) is 20.0. The number of amides is 2. The van der Waals surface area contributed by atoms with E-state index < -0.39 is 94.0 Å². The maximum absolute atomic E-state index is 14.3. The number of primary amides is 1. The Morgan fingerprint density at radius 1 is 1.12 bits per heavy atom. The van der Waals surface area contributed by atoms with Gasteiger partial charge >= 0.3 is 5.97 Å². The molecule has 1 aromatic carbocycles. The molecule has 13 heteroatoms. The van der Waals surface area contributed by atoms with Crippen molar-refractivity contribution in [2.75, 3.05) is 19.4 Å². The number of fused-ring (bicyclic) bond motifs is 3. The maximum atomic E-state index is 14.3. The number of nitrogens with two attached hydrogens (primary N) is 1. The lowest BCUT2D eigenvalue weighted by molar-refractivity contribution is -0.205. The summed E-state index contributed by atoms with van der Waals surface area (Å²) < 4.78 is 5.77. The lowest BCUT2D eigenvalue weighted by Gasteiger charge is -2.56. The second-order valence-corrected chi connectivity index (χ2v) is 12.3. The highest BCUT2D eigenvalue weighted by Crippen LogP contribution is 2.56. The molecule has 0 aromatic heterocycles. The number of phenols is 1. The van der Waals surface area contributed by atoms with Gasteiger partial charge in [-0.05, 0) is 37.6 Å². The highest BCUT2D eigenvalue weighted by Gasteiger charge is 2.74. The summed E-state index contributed by atoms with van der Waals surface area (Å²) in [5.41, 5.74) is 2.20. The molecule has 3 unspecified atom stereocenters. The topological polar surface area (TPSA) is 210 Å². The number of aromatic hydroxyl groups is 1. The average Bonchev–Trinajstić information content (AvgIpc) is 2.90. The Hall–Kier alpha value is -3.97. The van der Waals surface area contributed by atoms with Crippen LogP contribution in [0, 0.1) is 29.6 Å². The number of nitrogens with one attached hydrogen (secondary N) is 1. The molecule has 0 heterocycles. The van der Waals surface area contributed by atoms with Gasteiger partial charge in [0.05, 0.1) is 29.1 Å². The molecule has 0 saturated heterocycles. The lowest BCUT2D eigenvalue weighted by Crippen LogP contribution is -2.78. The Morgan fingerprint density at radius 3 is 2.28 bits per heavy atom. The fraction of sp³-hybridized carbons (Fsp3) is 0.567. The van der Waals surface area contributed by atoms with Crippen molar-refractivity contribution < 1.29 is 48.5 Å². The number of carbonyl (C=O) groups is 7. The van der Waals surface area contributed by atoms with E-state index in [0.717, 1.165) is 0 Å². The summed E-state index contributed by atoms with van der Waals surface area (Å²) in [6.45, 7) is 6.79. The molecule has 4 rings (SSSR count). The second-order valence-electron chi connectivity index (χ2n) is 12.3. The molecule has 2 saturated carbocycles. The van der Waals surface area contributed by atoms with Gasteiger partial charge in [-0.25, -0.2) is 0 Å². The molecule has 232 valence electrons. The van der Waals surface area contributed by atoms with Crippen LogP contribution in [0.1, 0.15) is 62.4 Å². The molecule has 5 N–H and O–H groups in total. The van der Waals surface area contributed by atoms with E-state index in [1.807, 2.05) is 13.8 Å². The lowest BCUT2D eigenvalue weighted by atomic mass is 9.49. The van der Waals surface area contributed by atoms with E-state index in [9.17, 15) is 43.8 Å². The number of ether oxygens (including phenoxy) is 1. The third kappa shape index (κ3) is 4.84. The number of ketones is 4. The molecule has 13 nitrogen and oxygen atoms in total. The normalized spacial score (nSPS) is 31.8. The summed E-state index contributed by atoms with van der Waals surface area (Å²) in [6, 6.07) is 1.46. The number of Topliss-reactive ketones (excluding diaryl/α,β-unsaturated/α-hetero) is 4. The number of esters is 1. The first kappa shape index (κ1) is 32.0. The van der Waals surface area contributed by atoms with E-state index in [0.29, 0.717) is 0 Å². The summed E-state index contributed by atoms with van der Waals surface area (Å²) in [6.07, 6.45) is -1.50. The highest BCUT2D eigenvalue weighted by molar-refractivity contribution is 6.32. The van der Waals surface area contributed by atoms with E-state index in [1.54, 1.807) is 6.92 Å². The zero-order chi connectivity index (χ0) is 32.3. The summed E-state index contributed by atoms with van der Waals surface area (Å²) in [7, 11) is 2.87. The molecule has 0 aliphatic heterocycles. The number of carbonyl (C=O) groups excluding carboxylic acids is 7. The van der Waals surface area contributed by atoms with Crippen molar-refractivity contribution in [1.29, 1.82) is 0 Å². The maximum Gasteiger partial charge on any atom is 0.305 e. The Bertz CT molecular complexity index is 1440. The minimum atomic E-state index is -3.10. The highest BCUT2D eigenvalue weighted by atomic mass is 16.5. The Kier molecular flexibility index (Phi) is 8.37. The zero-order valence-corrected chi connectivity index (χ0v) is 24.9. The predicted octanol–water partition coefficient (Wildman–Crippen LogP) is 0.344. The van der Waals surface area contributed by atoms with Crippen molar-refractivity contribution >= 4 is 46.6 Å². The number of phenolic OH excluding ortho intramolecular Hbond substituents is 1. The van der Waals surface area contributed by atoms with Crippen LogP contribution < -0.4 is 11.1 Å². The molecular weight excluding hydrogens is 562 g/mol. The number of anilines is 1. The van der Waals surface area contributed by atoms with Gasteiger partial charge in [0.15, 0.2) is 34.7 Å². The van der Waals surface area contributed by atoms with Gasteiger partial charge in [-0.15, -0.1) is 0 Å². The van der Waals surface area contributed by atoms with Crippen LogP contribution >= 0.6 is 0 Å². The third-order valence-corrected chi connectivity index (χ3v) is 8.88. The molecule has 0 bridgehead atoms. The predicted molar refractivity (Wildman–Crippen MR) is 150 cm³/mol. The molecule has 2 fully saturated rings. The minimum absolute atomic E-state index is 0.00799. The molecule has 8 atom stereocenters. The van der Waals surface area contributed by atoms with E-state index in [2.05, 4.69) is 5.32 Å². The van der Waals surface area contributed by atoms with Gasteiger partial charge in [0, 0.05) is 18.8 Å². The number of likely N-dealkylation sites (N-methyl/N-ethyl adjacent to an activating group) is 1. The average molecular weight is 600 g/mol. The fourth-order valence-corrected chi connectivity index (χ4v) is 7.01. The van der Waals surface area contributed by atoms with Crippen LogP contribution in [0.2, 0.25) is 0 Å². The molecular formula is C30H37N3O10. The van der Waals surface area contributed by atoms with Gasteiger partial charge in [0.25, 0.3) is 0 Å². The SMILES string of the molecule is CCC(=O)O[C@H]1[C@H]2C(C(=O)c3c(ccc(NC(=O)CC(C)C)c3O)[C@@H]2C)C(=O)[C@]2(O)C(=O)C(C(N)=O)C(=O)C(N(C)C)[C@H]12. The van der Waals surface area contributed by atoms with E-state index >= 15 is 0 Å². The minimum Gasteiger partial charge on any atom is -0.505 e.